The first-order valence-electron chi connectivity index (χ1n) is 5.41. The quantitative estimate of drug-likeness (QED) is 0.832. The fourth-order valence-electron chi connectivity index (χ4n) is 1.42. The number of carboxylic acid groups (broad SMARTS) is 1. The predicted molar refractivity (Wildman–Crippen MR) is 63.0 cm³/mol. The van der Waals surface area contributed by atoms with Gasteiger partial charge in [-0.05, 0) is 25.5 Å². The average Bonchev–Trinajstić information content (AvgIpc) is 2.24. The van der Waals surface area contributed by atoms with E-state index in [9.17, 15) is 22.0 Å². The molecular formula is C11H13F2NO4S. The molecule has 0 aliphatic heterocycles. The molecule has 5 nitrogen and oxygen atoms in total. The molecule has 1 unspecified atom stereocenters. The minimum absolute atomic E-state index is 0.0758. The smallest absolute Gasteiger partial charge is 0.303 e. The summed E-state index contributed by atoms with van der Waals surface area (Å²) in [4.78, 5) is 9.82. The van der Waals surface area contributed by atoms with Crippen LogP contribution < -0.4 is 4.72 Å². The molecule has 1 rings (SSSR count). The topological polar surface area (TPSA) is 83.5 Å². The molecule has 0 aromatic heterocycles. The number of carboxylic acids is 1. The summed E-state index contributed by atoms with van der Waals surface area (Å²) < 4.78 is 51.6. The van der Waals surface area contributed by atoms with Gasteiger partial charge in [-0.1, -0.05) is 0 Å². The van der Waals surface area contributed by atoms with E-state index in [1.165, 1.54) is 6.92 Å². The second-order valence-electron chi connectivity index (χ2n) is 4.06. The van der Waals surface area contributed by atoms with Crippen molar-refractivity contribution in [2.24, 2.45) is 0 Å². The zero-order chi connectivity index (χ0) is 14.6. The van der Waals surface area contributed by atoms with Crippen LogP contribution in [0.4, 0.5) is 8.78 Å². The number of hydrogen-bond donors (Lipinski definition) is 2. The Labute approximate surface area is 109 Å². The summed E-state index contributed by atoms with van der Waals surface area (Å²) in [7, 11) is -4.08. The van der Waals surface area contributed by atoms with Crippen LogP contribution in [0, 0.1) is 11.6 Å². The maximum absolute atomic E-state index is 12.9. The summed E-state index contributed by atoms with van der Waals surface area (Å²) in [6, 6.07) is 1.28. The lowest BCUT2D eigenvalue weighted by molar-refractivity contribution is -0.137. The molecule has 19 heavy (non-hydrogen) atoms. The molecule has 1 atom stereocenters. The molecule has 1 aromatic carbocycles. The molecule has 8 heteroatoms. The van der Waals surface area contributed by atoms with E-state index in [2.05, 4.69) is 4.72 Å². The van der Waals surface area contributed by atoms with E-state index in [0.717, 1.165) is 0 Å². The van der Waals surface area contributed by atoms with E-state index < -0.39 is 38.6 Å². The minimum atomic E-state index is -4.08. The molecule has 0 heterocycles. The largest absolute Gasteiger partial charge is 0.481 e. The molecule has 0 saturated heterocycles. The Hall–Kier alpha value is -1.54. The summed E-state index contributed by atoms with van der Waals surface area (Å²) in [6.07, 6.45) is -0.131. The van der Waals surface area contributed by atoms with Crippen molar-refractivity contribution in [3.05, 3.63) is 29.8 Å². The number of hydrogen-bond acceptors (Lipinski definition) is 3. The van der Waals surface area contributed by atoms with E-state index in [1.54, 1.807) is 0 Å². The van der Waals surface area contributed by atoms with E-state index in [0.29, 0.717) is 18.2 Å². The summed E-state index contributed by atoms with van der Waals surface area (Å²) in [6.45, 7) is 1.47. The highest BCUT2D eigenvalue weighted by Crippen LogP contribution is 2.14. The lowest BCUT2D eigenvalue weighted by Crippen LogP contribution is -2.33. The highest BCUT2D eigenvalue weighted by Gasteiger charge is 2.19. The lowest BCUT2D eigenvalue weighted by Gasteiger charge is -2.13. The number of rotatable bonds is 6. The molecule has 0 bridgehead atoms. The van der Waals surface area contributed by atoms with Crippen LogP contribution >= 0.6 is 0 Å². The van der Waals surface area contributed by atoms with Crippen molar-refractivity contribution < 1.29 is 27.1 Å². The van der Waals surface area contributed by atoms with Crippen LogP contribution in [0.2, 0.25) is 0 Å². The van der Waals surface area contributed by atoms with Crippen LogP contribution in [0.15, 0.2) is 23.1 Å². The second kappa shape index (κ2) is 6.07. The monoisotopic (exact) mass is 293 g/mol. The molecule has 0 amide bonds. The minimum Gasteiger partial charge on any atom is -0.481 e. The third-order valence-corrected chi connectivity index (χ3v) is 3.86. The van der Waals surface area contributed by atoms with Gasteiger partial charge in [0.2, 0.25) is 10.0 Å². The van der Waals surface area contributed by atoms with Crippen molar-refractivity contribution in [3.63, 3.8) is 0 Å². The zero-order valence-electron chi connectivity index (χ0n) is 10.1. The Morgan fingerprint density at radius 1 is 1.32 bits per heavy atom. The summed E-state index contributed by atoms with van der Waals surface area (Å²) >= 11 is 0. The van der Waals surface area contributed by atoms with Gasteiger partial charge >= 0.3 is 5.97 Å². The van der Waals surface area contributed by atoms with Gasteiger partial charge in [-0.2, -0.15) is 0 Å². The van der Waals surface area contributed by atoms with Gasteiger partial charge in [0, 0.05) is 18.5 Å². The highest BCUT2D eigenvalue weighted by atomic mass is 32.2. The Bertz CT molecular complexity index is 554. The third-order valence-electron chi connectivity index (χ3n) is 2.29. The molecule has 0 spiro atoms. The number of benzene rings is 1. The summed E-state index contributed by atoms with van der Waals surface area (Å²) in [5.74, 6) is -3.06. The number of nitrogens with one attached hydrogen (secondary N) is 1. The van der Waals surface area contributed by atoms with Crippen molar-refractivity contribution in [3.8, 4) is 0 Å². The second-order valence-corrected chi connectivity index (χ2v) is 5.77. The van der Waals surface area contributed by atoms with Gasteiger partial charge in [-0.3, -0.25) is 4.79 Å². The van der Waals surface area contributed by atoms with Gasteiger partial charge in [0.15, 0.2) is 0 Å². The molecule has 0 aliphatic carbocycles. The molecule has 0 radical (unpaired) electrons. The predicted octanol–water partition coefficient (Wildman–Crippen LogP) is 1.50. The van der Waals surface area contributed by atoms with Gasteiger partial charge in [-0.25, -0.2) is 21.9 Å². The maximum atomic E-state index is 12.9. The molecule has 0 fully saturated rings. The normalized spacial score (nSPS) is 13.2. The van der Waals surface area contributed by atoms with Gasteiger partial charge in [0.05, 0.1) is 4.90 Å². The highest BCUT2D eigenvalue weighted by molar-refractivity contribution is 7.89. The van der Waals surface area contributed by atoms with Crippen LogP contribution in [0.3, 0.4) is 0 Å². The van der Waals surface area contributed by atoms with Crippen LogP contribution in [0.1, 0.15) is 19.8 Å². The Balaban J connectivity index is 2.83. The number of halogens is 2. The molecule has 106 valence electrons. The molecule has 0 saturated carbocycles. The SMILES string of the molecule is CC(CCC(=O)O)NS(=O)(=O)c1cc(F)cc(F)c1. The average molecular weight is 293 g/mol. The van der Waals surface area contributed by atoms with E-state index in [1.807, 2.05) is 0 Å². The van der Waals surface area contributed by atoms with E-state index in [-0.39, 0.29) is 12.8 Å². The lowest BCUT2D eigenvalue weighted by atomic mass is 10.2. The molecular weight excluding hydrogens is 280 g/mol. The van der Waals surface area contributed by atoms with Crippen LogP contribution in [-0.4, -0.2) is 25.5 Å². The molecule has 1 aromatic rings. The Kier molecular flexibility index (Phi) is 4.96. The van der Waals surface area contributed by atoms with Gasteiger partial charge < -0.3 is 5.11 Å². The number of sulfonamides is 1. The summed E-state index contributed by atoms with van der Waals surface area (Å²) in [5.41, 5.74) is 0. The fraction of sp³-hybridized carbons (Fsp3) is 0.364. The van der Waals surface area contributed by atoms with Crippen molar-refractivity contribution >= 4 is 16.0 Å². The van der Waals surface area contributed by atoms with Gasteiger partial charge in [0.1, 0.15) is 11.6 Å². The number of aliphatic carboxylic acids is 1. The first-order chi connectivity index (χ1) is 8.70. The van der Waals surface area contributed by atoms with Crippen LogP contribution in [0.25, 0.3) is 0 Å². The zero-order valence-corrected chi connectivity index (χ0v) is 10.9. The van der Waals surface area contributed by atoms with Gasteiger partial charge in [0.25, 0.3) is 0 Å². The van der Waals surface area contributed by atoms with E-state index >= 15 is 0 Å². The Morgan fingerprint density at radius 2 is 1.84 bits per heavy atom. The van der Waals surface area contributed by atoms with Crippen molar-refractivity contribution in [1.82, 2.24) is 4.72 Å². The Morgan fingerprint density at radius 3 is 2.32 bits per heavy atom. The van der Waals surface area contributed by atoms with Crippen LogP contribution in [0.5, 0.6) is 0 Å². The van der Waals surface area contributed by atoms with E-state index in [4.69, 9.17) is 5.11 Å². The third kappa shape index (κ3) is 4.92. The first kappa shape index (κ1) is 15.5. The summed E-state index contributed by atoms with van der Waals surface area (Å²) in [5, 5.41) is 8.47. The van der Waals surface area contributed by atoms with Crippen molar-refractivity contribution in [2.75, 3.05) is 0 Å². The number of carbonyl (C=O) groups is 1. The fourth-order valence-corrected chi connectivity index (χ4v) is 2.73. The maximum Gasteiger partial charge on any atom is 0.303 e. The van der Waals surface area contributed by atoms with Gasteiger partial charge in [-0.15, -0.1) is 0 Å². The van der Waals surface area contributed by atoms with Crippen LogP contribution in [-0.2, 0) is 14.8 Å². The molecule has 0 aliphatic rings. The van der Waals surface area contributed by atoms with Crippen molar-refractivity contribution in [1.29, 1.82) is 0 Å². The first-order valence-corrected chi connectivity index (χ1v) is 6.89. The standard InChI is InChI=1S/C11H13F2NO4S/c1-7(2-3-11(15)16)14-19(17,18)10-5-8(12)4-9(13)6-10/h4-7,14H,2-3H2,1H3,(H,15,16). The van der Waals surface area contributed by atoms with Crippen molar-refractivity contribution in [2.45, 2.75) is 30.7 Å². The molecule has 2 N–H and O–H groups in total.